The second-order valence-electron chi connectivity index (χ2n) is 5.22. The molecule has 64 valence electrons. The molecule has 3 atom stereocenters. The molecule has 2 aliphatic rings. The third-order valence-corrected chi connectivity index (χ3v) is 4.86. The van der Waals surface area contributed by atoms with Gasteiger partial charge in [0.2, 0.25) is 0 Å². The summed E-state index contributed by atoms with van der Waals surface area (Å²) in [7, 11) is 0. The maximum Gasteiger partial charge on any atom is 0.0101 e. The normalized spacial score (nSPS) is 53.5. The first-order valence-corrected chi connectivity index (χ1v) is 4.74. The van der Waals surface area contributed by atoms with Gasteiger partial charge in [0.25, 0.3) is 0 Å². The largest absolute Gasteiger partial charge is 0.327 e. The molecule has 0 heterocycles. The molecule has 1 heteroatoms. The molecule has 0 unspecified atom stereocenters. The monoisotopic (exact) mass is 153 g/mol. The van der Waals surface area contributed by atoms with Gasteiger partial charge in [0.15, 0.2) is 0 Å². The predicted octanol–water partition coefficient (Wildman–Crippen LogP) is 2.16. The van der Waals surface area contributed by atoms with E-state index in [-0.39, 0.29) is 0 Å². The van der Waals surface area contributed by atoms with Crippen molar-refractivity contribution in [3.8, 4) is 0 Å². The summed E-state index contributed by atoms with van der Waals surface area (Å²) in [5, 5.41) is 0. The Morgan fingerprint density at radius 2 is 1.91 bits per heavy atom. The highest BCUT2D eigenvalue weighted by molar-refractivity contribution is 5.11. The zero-order chi connectivity index (χ0) is 8.28. The fourth-order valence-electron chi connectivity index (χ4n) is 3.27. The predicted molar refractivity (Wildman–Crippen MR) is 47.2 cm³/mol. The highest BCUT2D eigenvalue weighted by Crippen LogP contribution is 2.64. The molecular weight excluding hydrogens is 134 g/mol. The van der Waals surface area contributed by atoms with Crippen molar-refractivity contribution in [2.45, 2.75) is 46.1 Å². The van der Waals surface area contributed by atoms with Gasteiger partial charge in [-0.25, -0.2) is 0 Å². The first-order chi connectivity index (χ1) is 4.98. The molecule has 2 rings (SSSR count). The third kappa shape index (κ3) is 0.658. The number of hydrogen-bond donors (Lipinski definition) is 1. The van der Waals surface area contributed by atoms with Crippen LogP contribution in [0.25, 0.3) is 0 Å². The molecule has 2 bridgehead atoms. The van der Waals surface area contributed by atoms with E-state index in [0.717, 1.165) is 5.92 Å². The molecule has 0 radical (unpaired) electrons. The summed E-state index contributed by atoms with van der Waals surface area (Å²) in [5.41, 5.74) is 7.08. The van der Waals surface area contributed by atoms with Crippen LogP contribution in [0.15, 0.2) is 0 Å². The Labute approximate surface area is 69.4 Å². The van der Waals surface area contributed by atoms with Crippen molar-refractivity contribution in [1.82, 2.24) is 0 Å². The van der Waals surface area contributed by atoms with Crippen LogP contribution in [0.4, 0.5) is 0 Å². The minimum atomic E-state index is 0.442. The molecular formula is C10H19N. The number of nitrogens with two attached hydrogens (primary N) is 1. The van der Waals surface area contributed by atoms with Crippen molar-refractivity contribution in [1.29, 1.82) is 0 Å². The molecule has 0 aromatic rings. The van der Waals surface area contributed by atoms with Gasteiger partial charge in [-0.2, -0.15) is 0 Å². The summed E-state index contributed by atoms with van der Waals surface area (Å²) < 4.78 is 0. The number of hydrogen-bond acceptors (Lipinski definition) is 1. The Hall–Kier alpha value is -0.0400. The summed E-state index contributed by atoms with van der Waals surface area (Å²) >= 11 is 0. The molecule has 2 fully saturated rings. The lowest BCUT2D eigenvalue weighted by Crippen LogP contribution is -2.40. The van der Waals surface area contributed by atoms with E-state index in [0.29, 0.717) is 16.9 Å². The van der Waals surface area contributed by atoms with E-state index in [1.165, 1.54) is 19.3 Å². The fourth-order valence-corrected chi connectivity index (χ4v) is 3.27. The highest BCUT2D eigenvalue weighted by Gasteiger charge is 2.59. The van der Waals surface area contributed by atoms with E-state index in [1.54, 1.807) is 0 Å². The van der Waals surface area contributed by atoms with Gasteiger partial charge in [-0.15, -0.1) is 0 Å². The first kappa shape index (κ1) is 7.60. The number of rotatable bonds is 0. The Kier molecular flexibility index (Phi) is 1.26. The van der Waals surface area contributed by atoms with E-state index < -0.39 is 0 Å². The smallest absolute Gasteiger partial charge is 0.0101 e. The Morgan fingerprint density at radius 1 is 1.27 bits per heavy atom. The molecule has 0 aliphatic heterocycles. The van der Waals surface area contributed by atoms with Crippen molar-refractivity contribution in [3.05, 3.63) is 0 Å². The van der Waals surface area contributed by atoms with Crippen LogP contribution in [-0.4, -0.2) is 6.04 Å². The van der Waals surface area contributed by atoms with Crippen LogP contribution >= 0.6 is 0 Å². The van der Waals surface area contributed by atoms with Crippen LogP contribution in [0.1, 0.15) is 40.0 Å². The molecule has 0 spiro atoms. The lowest BCUT2D eigenvalue weighted by molar-refractivity contribution is 0.136. The topological polar surface area (TPSA) is 26.0 Å². The molecule has 2 N–H and O–H groups in total. The first-order valence-electron chi connectivity index (χ1n) is 4.74. The maximum absolute atomic E-state index is 6.13. The quantitative estimate of drug-likeness (QED) is 0.567. The molecule has 11 heavy (non-hydrogen) atoms. The highest BCUT2D eigenvalue weighted by atomic mass is 14.8. The maximum atomic E-state index is 6.13. The lowest BCUT2D eigenvalue weighted by atomic mass is 9.69. The Balaban J connectivity index is 2.40. The van der Waals surface area contributed by atoms with Crippen LogP contribution in [0.2, 0.25) is 0 Å². The Morgan fingerprint density at radius 3 is 2.09 bits per heavy atom. The standard InChI is InChI=1S/C10H19N/c1-9(2)7-4-5-10(9,3)8(11)6-7/h7-8H,4-6,11H2,1-3H3/t7-,8+,10+/m0/s1. The van der Waals surface area contributed by atoms with E-state index in [2.05, 4.69) is 20.8 Å². The summed E-state index contributed by atoms with van der Waals surface area (Å²) in [4.78, 5) is 0. The van der Waals surface area contributed by atoms with Gasteiger partial charge in [0.1, 0.15) is 0 Å². The van der Waals surface area contributed by atoms with Crippen LogP contribution in [0.5, 0.6) is 0 Å². The minimum Gasteiger partial charge on any atom is -0.327 e. The molecule has 1 nitrogen and oxygen atoms in total. The van der Waals surface area contributed by atoms with E-state index in [4.69, 9.17) is 5.73 Å². The zero-order valence-corrected chi connectivity index (χ0v) is 7.85. The van der Waals surface area contributed by atoms with Crippen LogP contribution in [0.3, 0.4) is 0 Å². The van der Waals surface area contributed by atoms with Crippen LogP contribution in [0, 0.1) is 16.7 Å². The fraction of sp³-hybridized carbons (Fsp3) is 1.00. The summed E-state index contributed by atoms with van der Waals surface area (Å²) in [5.74, 6) is 0.905. The van der Waals surface area contributed by atoms with Gasteiger partial charge in [-0.1, -0.05) is 20.8 Å². The zero-order valence-electron chi connectivity index (χ0n) is 7.85. The summed E-state index contributed by atoms with van der Waals surface area (Å²) in [6.45, 7) is 7.18. The lowest BCUT2D eigenvalue weighted by Gasteiger charge is -2.37. The van der Waals surface area contributed by atoms with E-state index >= 15 is 0 Å². The van der Waals surface area contributed by atoms with E-state index in [9.17, 15) is 0 Å². The second-order valence-corrected chi connectivity index (χ2v) is 5.22. The molecule has 2 aliphatic carbocycles. The van der Waals surface area contributed by atoms with Gasteiger partial charge >= 0.3 is 0 Å². The number of fused-ring (bicyclic) bond motifs is 2. The van der Waals surface area contributed by atoms with Gasteiger partial charge in [-0.3, -0.25) is 0 Å². The van der Waals surface area contributed by atoms with Crippen LogP contribution < -0.4 is 5.73 Å². The second kappa shape index (κ2) is 1.82. The van der Waals surface area contributed by atoms with Crippen molar-refractivity contribution >= 4 is 0 Å². The Bertz CT molecular complexity index is 185. The van der Waals surface area contributed by atoms with Crippen molar-refractivity contribution < 1.29 is 0 Å². The van der Waals surface area contributed by atoms with Crippen LogP contribution in [-0.2, 0) is 0 Å². The molecule has 2 saturated carbocycles. The molecule has 0 aromatic heterocycles. The van der Waals surface area contributed by atoms with Gasteiger partial charge in [0, 0.05) is 6.04 Å². The average molecular weight is 153 g/mol. The molecule has 0 saturated heterocycles. The summed E-state index contributed by atoms with van der Waals surface area (Å²) in [6, 6.07) is 0.469. The van der Waals surface area contributed by atoms with Gasteiger partial charge < -0.3 is 5.73 Å². The van der Waals surface area contributed by atoms with E-state index in [1.807, 2.05) is 0 Å². The summed E-state index contributed by atoms with van der Waals surface area (Å²) in [6.07, 6.45) is 4.03. The molecule has 0 amide bonds. The third-order valence-electron chi connectivity index (χ3n) is 4.86. The van der Waals surface area contributed by atoms with Crippen molar-refractivity contribution in [3.63, 3.8) is 0 Å². The average Bonchev–Trinajstić information content (AvgIpc) is 2.20. The van der Waals surface area contributed by atoms with Crippen molar-refractivity contribution in [2.24, 2.45) is 22.5 Å². The minimum absolute atomic E-state index is 0.442. The van der Waals surface area contributed by atoms with Gasteiger partial charge in [0.05, 0.1) is 0 Å². The van der Waals surface area contributed by atoms with Gasteiger partial charge in [-0.05, 0) is 36.0 Å². The molecule has 0 aromatic carbocycles. The van der Waals surface area contributed by atoms with Crippen molar-refractivity contribution in [2.75, 3.05) is 0 Å². The SMILES string of the molecule is CC1(C)[C@H]2CC[C@]1(C)[C@H](N)C2.